The fourth-order valence-corrected chi connectivity index (χ4v) is 4.79. The molecular formula is C17H25NO2S. The zero-order valence-corrected chi connectivity index (χ0v) is 13.6. The van der Waals surface area contributed by atoms with Crippen LogP contribution in [0.3, 0.4) is 0 Å². The van der Waals surface area contributed by atoms with E-state index in [2.05, 4.69) is 22.8 Å². The average molecular weight is 307 g/mol. The van der Waals surface area contributed by atoms with Crippen molar-refractivity contribution in [1.82, 2.24) is 5.32 Å². The summed E-state index contributed by atoms with van der Waals surface area (Å²) in [4.78, 5) is 13.6. The lowest BCUT2D eigenvalue weighted by Gasteiger charge is -2.43. The molecule has 21 heavy (non-hydrogen) atoms. The second-order valence-corrected chi connectivity index (χ2v) is 7.75. The van der Waals surface area contributed by atoms with Gasteiger partial charge in [-0.3, -0.25) is 10.1 Å². The van der Waals surface area contributed by atoms with E-state index in [4.69, 9.17) is 4.74 Å². The van der Waals surface area contributed by atoms with Crippen molar-refractivity contribution in [2.45, 2.75) is 63.5 Å². The standard InChI is InChI=1S/C17H25NO2S/c1-20-15(19)17(18-13-14-5-4-12-21-14)10-8-16(9-11-17)6-2-3-7-16/h4-5,12,18H,2-3,6-11,13H2,1H3. The highest BCUT2D eigenvalue weighted by Gasteiger charge is 2.48. The van der Waals surface area contributed by atoms with E-state index in [-0.39, 0.29) is 5.97 Å². The topological polar surface area (TPSA) is 38.3 Å². The summed E-state index contributed by atoms with van der Waals surface area (Å²) in [5.74, 6) is -0.0769. The van der Waals surface area contributed by atoms with Gasteiger partial charge in [0, 0.05) is 11.4 Å². The summed E-state index contributed by atoms with van der Waals surface area (Å²) in [6, 6.07) is 4.17. The van der Waals surface area contributed by atoms with Gasteiger partial charge in [0.2, 0.25) is 0 Å². The van der Waals surface area contributed by atoms with Crippen LogP contribution in [-0.2, 0) is 16.1 Å². The Morgan fingerprint density at radius 3 is 2.52 bits per heavy atom. The Bertz CT molecular complexity index is 467. The first kappa shape index (κ1) is 15.0. The summed E-state index contributed by atoms with van der Waals surface area (Å²) < 4.78 is 5.12. The van der Waals surface area contributed by atoms with Crippen molar-refractivity contribution in [2.24, 2.45) is 5.41 Å². The van der Waals surface area contributed by atoms with Crippen LogP contribution >= 0.6 is 11.3 Å². The number of hydrogen-bond donors (Lipinski definition) is 1. The highest BCUT2D eigenvalue weighted by molar-refractivity contribution is 7.09. The molecule has 2 fully saturated rings. The summed E-state index contributed by atoms with van der Waals surface area (Å²) in [7, 11) is 1.51. The molecule has 1 heterocycles. The van der Waals surface area contributed by atoms with Crippen LogP contribution in [0.2, 0.25) is 0 Å². The first-order valence-electron chi connectivity index (χ1n) is 8.04. The summed E-state index contributed by atoms with van der Waals surface area (Å²) in [5, 5.41) is 5.61. The lowest BCUT2D eigenvalue weighted by Crippen LogP contribution is -2.55. The summed E-state index contributed by atoms with van der Waals surface area (Å²) in [6.45, 7) is 0.764. The number of carbonyl (C=O) groups excluding carboxylic acids is 1. The molecule has 1 N–H and O–H groups in total. The monoisotopic (exact) mass is 307 g/mol. The van der Waals surface area contributed by atoms with Crippen molar-refractivity contribution in [1.29, 1.82) is 0 Å². The Morgan fingerprint density at radius 2 is 1.95 bits per heavy atom. The third-order valence-electron chi connectivity index (χ3n) is 5.59. The van der Waals surface area contributed by atoms with Crippen LogP contribution in [0.15, 0.2) is 17.5 Å². The van der Waals surface area contributed by atoms with E-state index in [1.165, 1.54) is 50.5 Å². The fourth-order valence-electron chi connectivity index (χ4n) is 4.15. The molecule has 0 amide bonds. The molecule has 1 aromatic rings. The minimum absolute atomic E-state index is 0.0769. The van der Waals surface area contributed by atoms with Crippen LogP contribution in [0.1, 0.15) is 56.2 Å². The average Bonchev–Trinajstić information content (AvgIpc) is 3.19. The Hall–Kier alpha value is -0.870. The predicted octanol–water partition coefficient (Wildman–Crippen LogP) is 3.88. The largest absolute Gasteiger partial charge is 0.468 e. The third-order valence-corrected chi connectivity index (χ3v) is 6.46. The molecule has 3 rings (SSSR count). The number of methoxy groups -OCH3 is 1. The molecule has 4 heteroatoms. The Labute approximate surface area is 131 Å². The van der Waals surface area contributed by atoms with Crippen molar-refractivity contribution < 1.29 is 9.53 Å². The van der Waals surface area contributed by atoms with E-state index in [0.29, 0.717) is 5.41 Å². The minimum atomic E-state index is -0.466. The van der Waals surface area contributed by atoms with E-state index in [1.54, 1.807) is 11.3 Å². The molecule has 2 saturated carbocycles. The van der Waals surface area contributed by atoms with Crippen molar-refractivity contribution >= 4 is 17.3 Å². The zero-order chi connectivity index (χ0) is 14.8. The van der Waals surface area contributed by atoms with Crippen molar-refractivity contribution in [3.05, 3.63) is 22.4 Å². The van der Waals surface area contributed by atoms with E-state index in [1.807, 2.05) is 0 Å². The third kappa shape index (κ3) is 3.02. The van der Waals surface area contributed by atoms with Crippen LogP contribution in [-0.4, -0.2) is 18.6 Å². The van der Waals surface area contributed by atoms with E-state index < -0.39 is 5.54 Å². The number of nitrogens with one attached hydrogen (secondary N) is 1. The molecule has 0 aromatic carbocycles. The van der Waals surface area contributed by atoms with Gasteiger partial charge >= 0.3 is 5.97 Å². The number of esters is 1. The minimum Gasteiger partial charge on any atom is -0.468 e. The maximum atomic E-state index is 12.4. The molecule has 1 aromatic heterocycles. The molecule has 0 bridgehead atoms. The smallest absolute Gasteiger partial charge is 0.326 e. The number of ether oxygens (including phenoxy) is 1. The molecule has 2 aliphatic rings. The van der Waals surface area contributed by atoms with Crippen LogP contribution in [0, 0.1) is 5.41 Å². The SMILES string of the molecule is COC(=O)C1(NCc2cccs2)CCC2(CCCC2)CC1. The maximum Gasteiger partial charge on any atom is 0.326 e. The van der Waals surface area contributed by atoms with Gasteiger partial charge in [-0.15, -0.1) is 11.3 Å². The van der Waals surface area contributed by atoms with Gasteiger partial charge in [-0.2, -0.15) is 0 Å². The fraction of sp³-hybridized carbons (Fsp3) is 0.706. The van der Waals surface area contributed by atoms with Crippen molar-refractivity contribution in [2.75, 3.05) is 7.11 Å². The summed E-state index contributed by atoms with van der Waals surface area (Å²) >= 11 is 1.73. The normalized spacial score (nSPS) is 23.3. The first-order chi connectivity index (χ1) is 10.2. The van der Waals surface area contributed by atoms with Gasteiger partial charge in [0.1, 0.15) is 5.54 Å². The van der Waals surface area contributed by atoms with Gasteiger partial charge in [0.15, 0.2) is 0 Å². The molecule has 2 aliphatic carbocycles. The van der Waals surface area contributed by atoms with E-state index >= 15 is 0 Å². The summed E-state index contributed by atoms with van der Waals surface area (Å²) in [5.41, 5.74) is 0.0642. The van der Waals surface area contributed by atoms with Crippen LogP contribution in [0.5, 0.6) is 0 Å². The maximum absolute atomic E-state index is 12.4. The zero-order valence-electron chi connectivity index (χ0n) is 12.8. The molecule has 1 spiro atoms. The van der Waals surface area contributed by atoms with Gasteiger partial charge in [-0.25, -0.2) is 0 Å². The van der Waals surface area contributed by atoms with Gasteiger partial charge in [0.25, 0.3) is 0 Å². The molecule has 3 nitrogen and oxygen atoms in total. The Balaban J connectivity index is 1.68. The highest BCUT2D eigenvalue weighted by atomic mass is 32.1. The van der Waals surface area contributed by atoms with Gasteiger partial charge < -0.3 is 4.74 Å². The second kappa shape index (κ2) is 6.09. The predicted molar refractivity (Wildman–Crippen MR) is 85.3 cm³/mol. The van der Waals surface area contributed by atoms with Gasteiger partial charge in [-0.05, 0) is 55.4 Å². The number of thiophene rings is 1. The molecule has 0 radical (unpaired) electrons. The second-order valence-electron chi connectivity index (χ2n) is 6.71. The Kier molecular flexibility index (Phi) is 4.36. The van der Waals surface area contributed by atoms with Gasteiger partial charge in [0.05, 0.1) is 7.11 Å². The molecular weight excluding hydrogens is 282 g/mol. The van der Waals surface area contributed by atoms with Crippen LogP contribution < -0.4 is 5.32 Å². The Morgan fingerprint density at radius 1 is 1.24 bits per heavy atom. The van der Waals surface area contributed by atoms with Crippen molar-refractivity contribution in [3.63, 3.8) is 0 Å². The van der Waals surface area contributed by atoms with Crippen LogP contribution in [0.25, 0.3) is 0 Å². The number of rotatable bonds is 4. The number of carbonyl (C=O) groups is 1. The lowest BCUT2D eigenvalue weighted by molar-refractivity contribution is -0.151. The van der Waals surface area contributed by atoms with Crippen molar-refractivity contribution in [3.8, 4) is 0 Å². The quantitative estimate of drug-likeness (QED) is 0.858. The first-order valence-corrected chi connectivity index (χ1v) is 8.92. The molecule has 0 unspecified atom stereocenters. The summed E-state index contributed by atoms with van der Waals surface area (Å²) in [6.07, 6.45) is 9.63. The van der Waals surface area contributed by atoms with Crippen LogP contribution in [0.4, 0.5) is 0 Å². The highest BCUT2D eigenvalue weighted by Crippen LogP contribution is 2.51. The molecule has 0 aliphatic heterocycles. The van der Waals surface area contributed by atoms with E-state index in [0.717, 1.165) is 19.4 Å². The van der Waals surface area contributed by atoms with E-state index in [9.17, 15) is 4.79 Å². The lowest BCUT2D eigenvalue weighted by atomic mass is 9.66. The molecule has 0 saturated heterocycles. The number of hydrogen-bond acceptors (Lipinski definition) is 4. The van der Waals surface area contributed by atoms with Gasteiger partial charge in [-0.1, -0.05) is 18.9 Å². The molecule has 0 atom stereocenters. The molecule has 116 valence electrons.